The highest BCUT2D eigenvalue weighted by Gasteiger charge is 1.98. The van der Waals surface area contributed by atoms with Crippen molar-refractivity contribution in [3.63, 3.8) is 0 Å². The minimum atomic E-state index is 0.775. The number of allylic oxidation sites excluding steroid dienone is 1. The Morgan fingerprint density at radius 1 is 1.29 bits per heavy atom. The second-order valence-corrected chi connectivity index (χ2v) is 3.86. The van der Waals surface area contributed by atoms with E-state index in [1.54, 1.807) is 6.26 Å². The Balaban J connectivity index is 3.26. The lowest BCUT2D eigenvalue weighted by atomic mass is 10.00. The summed E-state index contributed by atoms with van der Waals surface area (Å²) in [5.74, 6) is 0.775. The zero-order chi connectivity index (χ0) is 10.6. The molecular weight excluding hydrogens is 172 g/mol. The highest BCUT2D eigenvalue weighted by atomic mass is 16.5. The molecule has 0 bridgehead atoms. The summed E-state index contributed by atoms with van der Waals surface area (Å²) in [6, 6.07) is 0. The lowest BCUT2D eigenvalue weighted by molar-refractivity contribution is 0.398. The van der Waals surface area contributed by atoms with Crippen LogP contribution in [0.3, 0.4) is 0 Å². The van der Waals surface area contributed by atoms with Crippen LogP contribution >= 0.6 is 0 Å². The topological polar surface area (TPSA) is 9.23 Å². The minimum absolute atomic E-state index is 0.775. The van der Waals surface area contributed by atoms with E-state index in [0.29, 0.717) is 0 Å². The van der Waals surface area contributed by atoms with E-state index in [-0.39, 0.29) is 0 Å². The van der Waals surface area contributed by atoms with Crippen molar-refractivity contribution < 1.29 is 4.74 Å². The van der Waals surface area contributed by atoms with Crippen molar-refractivity contribution >= 4 is 0 Å². The SMILES string of the molecule is C=COC=CCC(C)CCCCCC. The first-order valence-electron chi connectivity index (χ1n) is 5.72. The highest BCUT2D eigenvalue weighted by molar-refractivity contribution is 4.77. The first-order valence-corrected chi connectivity index (χ1v) is 5.72. The summed E-state index contributed by atoms with van der Waals surface area (Å²) in [7, 11) is 0. The molecule has 0 aromatic rings. The van der Waals surface area contributed by atoms with Gasteiger partial charge in [0, 0.05) is 0 Å². The van der Waals surface area contributed by atoms with Gasteiger partial charge >= 0.3 is 0 Å². The lowest BCUT2D eigenvalue weighted by Crippen LogP contribution is -1.92. The van der Waals surface area contributed by atoms with Gasteiger partial charge in [0.15, 0.2) is 0 Å². The van der Waals surface area contributed by atoms with Crippen molar-refractivity contribution in [3.8, 4) is 0 Å². The Morgan fingerprint density at radius 2 is 2.07 bits per heavy atom. The fourth-order valence-electron chi connectivity index (χ4n) is 1.44. The van der Waals surface area contributed by atoms with E-state index < -0.39 is 0 Å². The van der Waals surface area contributed by atoms with Crippen LogP contribution < -0.4 is 0 Å². The summed E-state index contributed by atoms with van der Waals surface area (Å²) >= 11 is 0. The van der Waals surface area contributed by atoms with Gasteiger partial charge in [-0.3, -0.25) is 0 Å². The molecule has 0 fully saturated rings. The molecular formula is C13H24O. The van der Waals surface area contributed by atoms with Crippen LogP contribution in [0.2, 0.25) is 0 Å². The van der Waals surface area contributed by atoms with Gasteiger partial charge in [0.25, 0.3) is 0 Å². The van der Waals surface area contributed by atoms with Gasteiger partial charge in [-0.1, -0.05) is 52.5 Å². The number of ether oxygens (including phenoxy) is 1. The van der Waals surface area contributed by atoms with E-state index in [9.17, 15) is 0 Å². The molecule has 0 radical (unpaired) electrons. The summed E-state index contributed by atoms with van der Waals surface area (Å²) in [6.45, 7) is 8.02. The van der Waals surface area contributed by atoms with Crippen LogP contribution in [-0.4, -0.2) is 0 Å². The van der Waals surface area contributed by atoms with Crippen LogP contribution in [0.15, 0.2) is 25.2 Å². The monoisotopic (exact) mass is 196 g/mol. The van der Waals surface area contributed by atoms with Crippen LogP contribution in [0.1, 0.15) is 52.4 Å². The van der Waals surface area contributed by atoms with Crippen molar-refractivity contribution in [3.05, 3.63) is 25.2 Å². The third-order valence-corrected chi connectivity index (χ3v) is 2.36. The molecule has 0 rings (SSSR count). The Kier molecular flexibility index (Phi) is 9.83. The van der Waals surface area contributed by atoms with Crippen molar-refractivity contribution in [2.75, 3.05) is 0 Å². The molecule has 1 atom stereocenters. The van der Waals surface area contributed by atoms with E-state index in [4.69, 9.17) is 4.74 Å². The van der Waals surface area contributed by atoms with E-state index in [1.165, 1.54) is 38.4 Å². The molecule has 82 valence electrons. The van der Waals surface area contributed by atoms with Gasteiger partial charge in [-0.2, -0.15) is 0 Å². The summed E-state index contributed by atoms with van der Waals surface area (Å²) in [6.07, 6.45) is 13.1. The van der Waals surface area contributed by atoms with Crippen molar-refractivity contribution in [1.29, 1.82) is 0 Å². The number of rotatable bonds is 9. The maximum Gasteiger partial charge on any atom is 0.0861 e. The maximum absolute atomic E-state index is 4.91. The number of unbranched alkanes of at least 4 members (excludes halogenated alkanes) is 3. The van der Waals surface area contributed by atoms with Crippen molar-refractivity contribution in [1.82, 2.24) is 0 Å². The molecule has 0 amide bonds. The average Bonchev–Trinajstić information content (AvgIpc) is 2.19. The van der Waals surface area contributed by atoms with E-state index in [2.05, 4.69) is 26.5 Å². The van der Waals surface area contributed by atoms with Crippen LogP contribution in [0, 0.1) is 5.92 Å². The molecule has 0 heterocycles. The second-order valence-electron chi connectivity index (χ2n) is 3.86. The predicted octanol–water partition coefficient (Wildman–Crippen LogP) is 4.66. The first-order chi connectivity index (χ1) is 6.81. The highest BCUT2D eigenvalue weighted by Crippen LogP contribution is 2.13. The van der Waals surface area contributed by atoms with Gasteiger partial charge in [0.1, 0.15) is 0 Å². The van der Waals surface area contributed by atoms with E-state index >= 15 is 0 Å². The molecule has 0 saturated carbocycles. The third kappa shape index (κ3) is 9.37. The second kappa shape index (κ2) is 10.4. The minimum Gasteiger partial charge on any atom is -0.474 e. The average molecular weight is 196 g/mol. The summed E-state index contributed by atoms with van der Waals surface area (Å²) in [5, 5.41) is 0. The van der Waals surface area contributed by atoms with Gasteiger partial charge < -0.3 is 4.74 Å². The Labute approximate surface area is 88.9 Å². The van der Waals surface area contributed by atoms with Gasteiger partial charge in [-0.25, -0.2) is 0 Å². The van der Waals surface area contributed by atoms with Gasteiger partial charge in [-0.05, 0) is 18.4 Å². The summed E-state index contributed by atoms with van der Waals surface area (Å²) in [5.41, 5.74) is 0. The molecule has 0 aromatic carbocycles. The van der Waals surface area contributed by atoms with Crippen LogP contribution in [0.5, 0.6) is 0 Å². The van der Waals surface area contributed by atoms with Crippen molar-refractivity contribution in [2.45, 2.75) is 52.4 Å². The lowest BCUT2D eigenvalue weighted by Gasteiger charge is -2.07. The quantitative estimate of drug-likeness (QED) is 0.385. The molecule has 0 aliphatic rings. The number of hydrogen-bond acceptors (Lipinski definition) is 1. The summed E-state index contributed by atoms with van der Waals surface area (Å²) < 4.78 is 4.91. The zero-order valence-corrected chi connectivity index (χ0v) is 9.67. The van der Waals surface area contributed by atoms with E-state index in [0.717, 1.165) is 12.3 Å². The molecule has 0 N–H and O–H groups in total. The first kappa shape index (κ1) is 13.3. The Hall–Kier alpha value is -0.720. The zero-order valence-electron chi connectivity index (χ0n) is 9.67. The van der Waals surface area contributed by atoms with Gasteiger partial charge in [0.2, 0.25) is 0 Å². The fourth-order valence-corrected chi connectivity index (χ4v) is 1.44. The molecule has 1 heteroatoms. The standard InChI is InChI=1S/C13H24O/c1-4-6-7-8-10-13(3)11-9-12-14-5-2/h5,9,12-13H,2,4,6-8,10-11H2,1,3H3. The molecule has 0 saturated heterocycles. The third-order valence-electron chi connectivity index (χ3n) is 2.36. The van der Waals surface area contributed by atoms with Gasteiger partial charge in [-0.15, -0.1) is 0 Å². The molecule has 14 heavy (non-hydrogen) atoms. The molecule has 1 nitrogen and oxygen atoms in total. The van der Waals surface area contributed by atoms with E-state index in [1.807, 2.05) is 0 Å². The molecule has 1 unspecified atom stereocenters. The van der Waals surface area contributed by atoms with Crippen LogP contribution in [-0.2, 0) is 4.74 Å². The number of hydrogen-bond donors (Lipinski definition) is 0. The van der Waals surface area contributed by atoms with Crippen LogP contribution in [0.25, 0.3) is 0 Å². The van der Waals surface area contributed by atoms with Crippen molar-refractivity contribution in [2.24, 2.45) is 5.92 Å². The summed E-state index contributed by atoms with van der Waals surface area (Å²) in [4.78, 5) is 0. The smallest absolute Gasteiger partial charge is 0.0861 e. The normalized spacial score (nSPS) is 13.0. The molecule has 0 aliphatic carbocycles. The molecule has 0 aromatic heterocycles. The maximum atomic E-state index is 4.91. The predicted molar refractivity (Wildman–Crippen MR) is 63.0 cm³/mol. The Morgan fingerprint density at radius 3 is 2.71 bits per heavy atom. The molecule has 0 aliphatic heterocycles. The molecule has 0 spiro atoms. The Bertz CT molecular complexity index is 149. The van der Waals surface area contributed by atoms with Crippen LogP contribution in [0.4, 0.5) is 0 Å². The largest absolute Gasteiger partial charge is 0.474 e. The fraction of sp³-hybridized carbons (Fsp3) is 0.692. The van der Waals surface area contributed by atoms with Gasteiger partial charge in [0.05, 0.1) is 12.5 Å².